The number of nitrogens with zero attached hydrogens (tertiary/aromatic N) is 2. The van der Waals surface area contributed by atoms with E-state index in [1.165, 1.54) is 0 Å². The van der Waals surface area contributed by atoms with Crippen LogP contribution >= 0.6 is 0 Å². The molecular formula is C4H5N5O4S. The van der Waals surface area contributed by atoms with Gasteiger partial charge in [0.25, 0.3) is 0 Å². The van der Waals surface area contributed by atoms with Crippen molar-refractivity contribution in [2.75, 3.05) is 16.9 Å². The van der Waals surface area contributed by atoms with Crippen molar-refractivity contribution in [2.24, 2.45) is 0 Å². The highest BCUT2D eigenvalue weighted by Crippen LogP contribution is 2.27. The first-order valence-electron chi connectivity index (χ1n) is 3.30. The number of hydrogen-bond donors (Lipinski definition) is 3. The normalized spacial score (nSPS) is 17.7. The van der Waals surface area contributed by atoms with Crippen LogP contribution in [-0.2, 0) is 14.7 Å². The highest BCUT2D eigenvalue weighted by atomic mass is 32.3. The summed E-state index contributed by atoms with van der Waals surface area (Å²) in [6.45, 7) is 0. The lowest BCUT2D eigenvalue weighted by molar-refractivity contribution is 0.328. The fourth-order valence-electron chi connectivity index (χ4n) is 0.779. The maximum absolute atomic E-state index is 10.9. The molecule has 14 heavy (non-hydrogen) atoms. The molecule has 2 bridgehead atoms. The van der Waals surface area contributed by atoms with E-state index >= 15 is 0 Å². The Morgan fingerprint density at radius 1 is 1.29 bits per heavy atom. The Morgan fingerprint density at radius 3 is 2.71 bits per heavy atom. The molecule has 1 aromatic heterocycles. The second-order valence-corrected chi connectivity index (χ2v) is 3.48. The van der Waals surface area contributed by atoms with Crippen LogP contribution in [0.15, 0.2) is 0 Å². The SMILES string of the molecule is Nc1nc2nc(c1N)NOS(=O)(=O)O2. The first-order chi connectivity index (χ1) is 6.48. The van der Waals surface area contributed by atoms with Gasteiger partial charge in [-0.3, -0.25) is 0 Å². The Bertz CT molecular complexity index is 485. The summed E-state index contributed by atoms with van der Waals surface area (Å²) in [5, 5.41) is 0. The topological polar surface area (TPSA) is 142 Å². The molecule has 1 aliphatic heterocycles. The van der Waals surface area contributed by atoms with E-state index in [0.717, 1.165) is 0 Å². The molecule has 2 rings (SSSR count). The van der Waals surface area contributed by atoms with Crippen molar-refractivity contribution in [3.63, 3.8) is 0 Å². The summed E-state index contributed by atoms with van der Waals surface area (Å²) in [5.74, 6) is -0.160. The summed E-state index contributed by atoms with van der Waals surface area (Å²) in [6, 6.07) is -0.448. The monoisotopic (exact) mass is 219 g/mol. The van der Waals surface area contributed by atoms with Crippen LogP contribution in [-0.4, -0.2) is 18.4 Å². The van der Waals surface area contributed by atoms with Crippen LogP contribution in [0.4, 0.5) is 17.3 Å². The Labute approximate surface area is 78.3 Å². The minimum atomic E-state index is -4.21. The van der Waals surface area contributed by atoms with E-state index < -0.39 is 16.4 Å². The molecule has 1 aromatic rings. The van der Waals surface area contributed by atoms with Crippen LogP contribution in [0.3, 0.4) is 0 Å². The quantitative estimate of drug-likeness (QED) is 0.481. The molecular weight excluding hydrogens is 214 g/mol. The molecule has 76 valence electrons. The van der Waals surface area contributed by atoms with Crippen molar-refractivity contribution in [2.45, 2.75) is 0 Å². The van der Waals surface area contributed by atoms with Gasteiger partial charge in [0.05, 0.1) is 0 Å². The van der Waals surface area contributed by atoms with Crippen LogP contribution in [0.25, 0.3) is 0 Å². The first-order valence-corrected chi connectivity index (χ1v) is 4.63. The molecule has 0 aliphatic carbocycles. The lowest BCUT2D eigenvalue weighted by atomic mass is 10.4. The maximum Gasteiger partial charge on any atom is 0.473 e. The molecule has 10 heteroatoms. The van der Waals surface area contributed by atoms with E-state index in [1.54, 1.807) is 0 Å². The second kappa shape index (κ2) is 2.59. The highest BCUT2D eigenvalue weighted by molar-refractivity contribution is 7.82. The number of aromatic nitrogens is 2. The molecule has 0 aromatic carbocycles. The van der Waals surface area contributed by atoms with Gasteiger partial charge >= 0.3 is 16.4 Å². The Kier molecular flexibility index (Phi) is 1.62. The number of nitrogens with one attached hydrogen (secondary N) is 1. The van der Waals surface area contributed by atoms with E-state index in [0.29, 0.717) is 0 Å². The predicted octanol–water partition coefficient (Wildman–Crippen LogP) is -1.38. The molecule has 0 saturated heterocycles. The number of hydrogen-bond acceptors (Lipinski definition) is 9. The first kappa shape index (κ1) is 8.77. The van der Waals surface area contributed by atoms with E-state index in [9.17, 15) is 8.42 Å². The third-order valence-electron chi connectivity index (χ3n) is 1.37. The van der Waals surface area contributed by atoms with Gasteiger partial charge in [-0.15, -0.1) is 4.28 Å². The molecule has 0 unspecified atom stereocenters. The number of fused-ring (bicyclic) bond motifs is 2. The third-order valence-corrected chi connectivity index (χ3v) is 2.01. The van der Waals surface area contributed by atoms with Crippen molar-refractivity contribution in [1.29, 1.82) is 0 Å². The van der Waals surface area contributed by atoms with Gasteiger partial charge in [0.2, 0.25) is 0 Å². The van der Waals surface area contributed by atoms with E-state index in [2.05, 4.69) is 18.4 Å². The Hall–Kier alpha value is -1.81. The minimum absolute atomic E-state index is 0.0190. The van der Waals surface area contributed by atoms with Crippen LogP contribution in [0, 0.1) is 0 Å². The third kappa shape index (κ3) is 1.36. The van der Waals surface area contributed by atoms with E-state index in [1.807, 2.05) is 5.48 Å². The zero-order valence-electron chi connectivity index (χ0n) is 6.59. The van der Waals surface area contributed by atoms with Crippen molar-refractivity contribution >= 4 is 27.7 Å². The van der Waals surface area contributed by atoms with Gasteiger partial charge in [-0.2, -0.15) is 18.4 Å². The fourth-order valence-corrected chi connectivity index (χ4v) is 1.25. The maximum atomic E-state index is 10.9. The van der Waals surface area contributed by atoms with Gasteiger partial charge in [-0.1, -0.05) is 0 Å². The minimum Gasteiger partial charge on any atom is -0.393 e. The van der Waals surface area contributed by atoms with Gasteiger partial charge < -0.3 is 15.7 Å². The molecule has 5 N–H and O–H groups in total. The summed E-state index contributed by atoms with van der Waals surface area (Å²) >= 11 is 0. The average molecular weight is 219 g/mol. The summed E-state index contributed by atoms with van der Waals surface area (Å²) in [5.41, 5.74) is 12.7. The van der Waals surface area contributed by atoms with Crippen molar-refractivity contribution in [3.8, 4) is 6.01 Å². The second-order valence-electron chi connectivity index (χ2n) is 2.33. The van der Waals surface area contributed by atoms with Gasteiger partial charge in [0, 0.05) is 0 Å². The zero-order valence-corrected chi connectivity index (χ0v) is 7.41. The standard InChI is InChI=1S/C4H5N5O4S/c5-1-2(6)7-4-8-3(1)9-13-14(10,11)12-4/h5H2,(H3,6,7,8,9). The molecule has 2 heterocycles. The smallest absolute Gasteiger partial charge is 0.393 e. The van der Waals surface area contributed by atoms with E-state index in [4.69, 9.17) is 11.5 Å². The van der Waals surface area contributed by atoms with Crippen molar-refractivity contribution in [1.82, 2.24) is 9.97 Å². The van der Waals surface area contributed by atoms with Gasteiger partial charge in [0.1, 0.15) is 5.69 Å². The molecule has 9 nitrogen and oxygen atoms in total. The van der Waals surface area contributed by atoms with Crippen LogP contribution in [0.1, 0.15) is 0 Å². The van der Waals surface area contributed by atoms with Gasteiger partial charge in [-0.25, -0.2) is 5.48 Å². The molecule has 1 aliphatic rings. The van der Waals surface area contributed by atoms with Crippen LogP contribution in [0.2, 0.25) is 0 Å². The van der Waals surface area contributed by atoms with E-state index in [-0.39, 0.29) is 17.3 Å². The number of nitrogens with two attached hydrogens (primary N) is 2. The zero-order chi connectivity index (χ0) is 10.3. The Morgan fingerprint density at radius 2 is 2.00 bits per heavy atom. The molecule has 0 spiro atoms. The number of anilines is 3. The van der Waals surface area contributed by atoms with Gasteiger partial charge in [-0.05, 0) is 0 Å². The summed E-state index contributed by atoms with van der Waals surface area (Å²) < 4.78 is 30.1. The van der Waals surface area contributed by atoms with Crippen LogP contribution in [0.5, 0.6) is 6.01 Å². The molecule has 0 amide bonds. The summed E-state index contributed by atoms with van der Waals surface area (Å²) in [4.78, 5) is 7.05. The molecule has 0 fully saturated rings. The fraction of sp³-hybridized carbons (Fsp3) is 0. The molecule has 0 atom stereocenters. The van der Waals surface area contributed by atoms with Crippen molar-refractivity contribution in [3.05, 3.63) is 0 Å². The Balaban J connectivity index is 2.59. The van der Waals surface area contributed by atoms with Crippen molar-refractivity contribution < 1.29 is 16.9 Å². The lowest BCUT2D eigenvalue weighted by Gasteiger charge is -2.02. The van der Waals surface area contributed by atoms with Gasteiger partial charge in [0.15, 0.2) is 11.6 Å². The molecule has 0 radical (unpaired) electrons. The summed E-state index contributed by atoms with van der Waals surface area (Å²) in [6.07, 6.45) is 0. The summed E-state index contributed by atoms with van der Waals surface area (Å²) in [7, 11) is -4.21. The predicted molar refractivity (Wildman–Crippen MR) is 45.1 cm³/mol. The number of nitrogen functional groups attached to an aromatic ring is 2. The number of rotatable bonds is 0. The largest absolute Gasteiger partial charge is 0.473 e. The highest BCUT2D eigenvalue weighted by Gasteiger charge is 2.24. The van der Waals surface area contributed by atoms with Crippen LogP contribution < -0.4 is 21.1 Å². The average Bonchev–Trinajstić information content (AvgIpc) is 2.19. The lowest BCUT2D eigenvalue weighted by Crippen LogP contribution is -2.14. The molecule has 0 saturated carbocycles.